The number of hydrogen-bond donors (Lipinski definition) is 2. The fourth-order valence-corrected chi connectivity index (χ4v) is 2.07. The third-order valence-electron chi connectivity index (χ3n) is 3.21. The molecule has 1 aromatic carbocycles. The number of aliphatic hydroxyl groups is 1. The Labute approximate surface area is 103 Å². The van der Waals surface area contributed by atoms with Crippen LogP contribution in [0.15, 0.2) is 30.3 Å². The zero-order chi connectivity index (χ0) is 12.1. The van der Waals surface area contributed by atoms with Crippen LogP contribution in [0.2, 0.25) is 0 Å². The Morgan fingerprint density at radius 3 is 2.59 bits per heavy atom. The summed E-state index contributed by atoms with van der Waals surface area (Å²) in [6, 6.07) is 11.2. The zero-order valence-electron chi connectivity index (χ0n) is 10.5. The van der Waals surface area contributed by atoms with E-state index in [0.717, 1.165) is 13.1 Å². The van der Waals surface area contributed by atoms with Gasteiger partial charge in [0.1, 0.15) is 0 Å². The van der Waals surface area contributed by atoms with Gasteiger partial charge in [-0.3, -0.25) is 0 Å². The summed E-state index contributed by atoms with van der Waals surface area (Å²) in [5, 5.41) is 12.9. The maximum atomic E-state index is 9.40. The van der Waals surface area contributed by atoms with Gasteiger partial charge in [0.25, 0.3) is 0 Å². The van der Waals surface area contributed by atoms with Gasteiger partial charge in [0.05, 0.1) is 6.61 Å². The molecule has 0 aromatic heterocycles. The fourth-order valence-electron chi connectivity index (χ4n) is 2.07. The average Bonchev–Trinajstić information content (AvgIpc) is 3.19. The second kappa shape index (κ2) is 6.03. The molecule has 1 unspecified atom stereocenters. The molecule has 1 fully saturated rings. The molecule has 0 radical (unpaired) electrons. The predicted molar refractivity (Wildman–Crippen MR) is 71.4 cm³/mol. The van der Waals surface area contributed by atoms with Gasteiger partial charge in [-0.05, 0) is 31.9 Å². The molecular weight excluding hydrogens is 212 g/mol. The summed E-state index contributed by atoms with van der Waals surface area (Å²) in [6.45, 7) is 4.19. The minimum atomic E-state index is 0.183. The van der Waals surface area contributed by atoms with Gasteiger partial charge >= 0.3 is 0 Å². The molecule has 3 heteroatoms. The first-order valence-electron chi connectivity index (χ1n) is 6.50. The van der Waals surface area contributed by atoms with Gasteiger partial charge in [-0.15, -0.1) is 0 Å². The molecule has 0 amide bonds. The highest BCUT2D eigenvalue weighted by molar-refractivity contribution is 5.45. The first kappa shape index (κ1) is 12.4. The second-order valence-electron chi connectivity index (χ2n) is 4.69. The van der Waals surface area contributed by atoms with Crippen molar-refractivity contribution >= 4 is 5.69 Å². The summed E-state index contributed by atoms with van der Waals surface area (Å²) in [6.07, 6.45) is 2.52. The summed E-state index contributed by atoms with van der Waals surface area (Å²) < 4.78 is 0. The Morgan fingerprint density at radius 1 is 1.35 bits per heavy atom. The molecule has 17 heavy (non-hydrogen) atoms. The zero-order valence-corrected chi connectivity index (χ0v) is 10.5. The highest BCUT2D eigenvalue weighted by Crippen LogP contribution is 2.20. The molecule has 1 atom stereocenters. The van der Waals surface area contributed by atoms with Crippen LogP contribution in [0.4, 0.5) is 5.69 Å². The van der Waals surface area contributed by atoms with Crippen LogP contribution in [0.1, 0.15) is 19.8 Å². The summed E-state index contributed by atoms with van der Waals surface area (Å²) in [5.41, 5.74) is 1.23. The van der Waals surface area contributed by atoms with Gasteiger partial charge in [-0.2, -0.15) is 0 Å². The number of nitrogens with zero attached hydrogens (tertiary/aromatic N) is 1. The van der Waals surface area contributed by atoms with Crippen LogP contribution < -0.4 is 10.2 Å². The lowest BCUT2D eigenvalue weighted by atomic mass is 10.2. The maximum Gasteiger partial charge on any atom is 0.0602 e. The number of para-hydroxylation sites is 1. The molecule has 3 nitrogen and oxygen atoms in total. The van der Waals surface area contributed by atoms with Gasteiger partial charge < -0.3 is 15.3 Å². The fraction of sp³-hybridized carbons (Fsp3) is 0.571. The number of aliphatic hydroxyl groups excluding tert-OH is 1. The smallest absolute Gasteiger partial charge is 0.0602 e. The van der Waals surface area contributed by atoms with Crippen LogP contribution in [-0.4, -0.2) is 36.9 Å². The number of benzene rings is 1. The summed E-state index contributed by atoms with van der Waals surface area (Å²) in [7, 11) is 0. The molecule has 1 aliphatic carbocycles. The summed E-state index contributed by atoms with van der Waals surface area (Å²) >= 11 is 0. The Hall–Kier alpha value is -1.06. The third-order valence-corrected chi connectivity index (χ3v) is 3.21. The monoisotopic (exact) mass is 234 g/mol. The van der Waals surface area contributed by atoms with Crippen LogP contribution in [0.25, 0.3) is 0 Å². The number of nitrogens with one attached hydrogen (secondary N) is 1. The molecule has 0 aliphatic heterocycles. The van der Waals surface area contributed by atoms with E-state index in [1.165, 1.54) is 18.5 Å². The Balaban J connectivity index is 1.93. The molecule has 1 aliphatic rings. The van der Waals surface area contributed by atoms with Crippen molar-refractivity contribution in [2.45, 2.75) is 31.8 Å². The van der Waals surface area contributed by atoms with Gasteiger partial charge in [-0.25, -0.2) is 0 Å². The minimum absolute atomic E-state index is 0.183. The molecule has 1 saturated carbocycles. The lowest BCUT2D eigenvalue weighted by molar-refractivity contribution is 0.242. The van der Waals surface area contributed by atoms with Crippen LogP contribution >= 0.6 is 0 Å². The van der Waals surface area contributed by atoms with Crippen LogP contribution in [-0.2, 0) is 0 Å². The van der Waals surface area contributed by atoms with Crippen molar-refractivity contribution in [2.75, 3.05) is 24.6 Å². The Kier molecular flexibility index (Phi) is 4.40. The Morgan fingerprint density at radius 2 is 2.06 bits per heavy atom. The second-order valence-corrected chi connectivity index (χ2v) is 4.69. The van der Waals surface area contributed by atoms with E-state index >= 15 is 0 Å². The predicted octanol–water partition coefficient (Wildman–Crippen LogP) is 1.63. The van der Waals surface area contributed by atoms with Crippen molar-refractivity contribution in [2.24, 2.45) is 0 Å². The standard InChI is InChI=1S/C14H22N2O/c1-2-16(14-6-4-3-5-7-14)10-13(11-17)15-12-8-9-12/h3-7,12-13,15,17H,2,8-11H2,1H3. The van der Waals surface area contributed by atoms with Gasteiger partial charge in [0, 0.05) is 30.9 Å². The van der Waals surface area contributed by atoms with Crippen molar-refractivity contribution in [3.63, 3.8) is 0 Å². The topological polar surface area (TPSA) is 35.5 Å². The Bertz CT molecular complexity index is 324. The van der Waals surface area contributed by atoms with E-state index < -0.39 is 0 Å². The molecule has 0 heterocycles. The van der Waals surface area contributed by atoms with E-state index in [9.17, 15) is 5.11 Å². The van der Waals surface area contributed by atoms with Gasteiger partial charge in [0.2, 0.25) is 0 Å². The molecular formula is C14H22N2O. The van der Waals surface area contributed by atoms with E-state index in [-0.39, 0.29) is 12.6 Å². The molecule has 94 valence electrons. The van der Waals surface area contributed by atoms with Crippen LogP contribution in [0.3, 0.4) is 0 Å². The van der Waals surface area contributed by atoms with Crippen LogP contribution in [0.5, 0.6) is 0 Å². The first-order valence-corrected chi connectivity index (χ1v) is 6.50. The average molecular weight is 234 g/mol. The van der Waals surface area contributed by atoms with E-state index in [1.54, 1.807) is 0 Å². The van der Waals surface area contributed by atoms with E-state index in [4.69, 9.17) is 0 Å². The highest BCUT2D eigenvalue weighted by Gasteiger charge is 2.25. The molecule has 0 saturated heterocycles. The number of rotatable bonds is 7. The maximum absolute atomic E-state index is 9.40. The summed E-state index contributed by atoms with van der Waals surface area (Å²) in [4.78, 5) is 2.30. The largest absolute Gasteiger partial charge is 0.395 e. The molecule has 0 bridgehead atoms. The van der Waals surface area contributed by atoms with E-state index in [0.29, 0.717) is 6.04 Å². The van der Waals surface area contributed by atoms with Crippen molar-refractivity contribution in [1.29, 1.82) is 0 Å². The van der Waals surface area contributed by atoms with Crippen molar-refractivity contribution in [3.8, 4) is 0 Å². The SMILES string of the molecule is CCN(CC(CO)NC1CC1)c1ccccc1. The van der Waals surface area contributed by atoms with Crippen molar-refractivity contribution < 1.29 is 5.11 Å². The molecule has 2 rings (SSSR count). The van der Waals surface area contributed by atoms with E-state index in [1.807, 2.05) is 6.07 Å². The molecule has 1 aromatic rings. The van der Waals surface area contributed by atoms with Gasteiger partial charge in [-0.1, -0.05) is 18.2 Å². The lowest BCUT2D eigenvalue weighted by Gasteiger charge is -2.28. The first-order chi connectivity index (χ1) is 8.33. The summed E-state index contributed by atoms with van der Waals surface area (Å²) in [5.74, 6) is 0. The molecule has 0 spiro atoms. The number of anilines is 1. The van der Waals surface area contributed by atoms with E-state index in [2.05, 4.69) is 41.4 Å². The third kappa shape index (κ3) is 3.72. The van der Waals surface area contributed by atoms with Gasteiger partial charge in [0.15, 0.2) is 0 Å². The quantitative estimate of drug-likeness (QED) is 0.752. The van der Waals surface area contributed by atoms with Crippen molar-refractivity contribution in [3.05, 3.63) is 30.3 Å². The molecule has 2 N–H and O–H groups in total. The van der Waals surface area contributed by atoms with Crippen LogP contribution in [0, 0.1) is 0 Å². The highest BCUT2D eigenvalue weighted by atomic mass is 16.3. The number of hydrogen-bond acceptors (Lipinski definition) is 3. The normalized spacial score (nSPS) is 16.8. The number of likely N-dealkylation sites (N-methyl/N-ethyl adjacent to an activating group) is 1. The van der Waals surface area contributed by atoms with Crippen molar-refractivity contribution in [1.82, 2.24) is 5.32 Å². The minimum Gasteiger partial charge on any atom is -0.395 e. The lowest BCUT2D eigenvalue weighted by Crippen LogP contribution is -2.44.